The predicted octanol–water partition coefficient (Wildman–Crippen LogP) is 1.82. The van der Waals surface area contributed by atoms with Gasteiger partial charge < -0.3 is 15.9 Å². The minimum absolute atomic E-state index is 0.00752. The first-order valence-electron chi connectivity index (χ1n) is 7.99. The number of carbonyl (C=O) groups is 1. The van der Waals surface area contributed by atoms with Crippen LogP contribution in [0.2, 0.25) is 0 Å². The number of aromatic nitrogens is 3. The van der Waals surface area contributed by atoms with Crippen LogP contribution in [0.25, 0.3) is 11.4 Å². The van der Waals surface area contributed by atoms with Crippen LogP contribution in [-0.2, 0) is 4.79 Å². The van der Waals surface area contributed by atoms with Crippen molar-refractivity contribution < 1.29 is 9.53 Å². The molecular formula is C16H21N5O2S. The van der Waals surface area contributed by atoms with E-state index in [0.29, 0.717) is 23.6 Å². The van der Waals surface area contributed by atoms with Gasteiger partial charge in [-0.3, -0.25) is 4.79 Å². The molecule has 0 spiro atoms. The molecule has 7 nitrogen and oxygen atoms in total. The molecule has 1 unspecified atom stereocenters. The molecule has 0 radical (unpaired) electrons. The number of nitrogens with zero attached hydrogens (tertiary/aromatic N) is 3. The maximum atomic E-state index is 12.0. The molecule has 2 aromatic rings. The molecule has 1 aromatic heterocycles. The van der Waals surface area contributed by atoms with Gasteiger partial charge in [0.2, 0.25) is 11.1 Å². The monoisotopic (exact) mass is 347 g/mol. The summed E-state index contributed by atoms with van der Waals surface area (Å²) in [6.07, 6.45) is 2.14. The Labute approximate surface area is 144 Å². The molecule has 1 aliphatic rings. The lowest BCUT2D eigenvalue weighted by atomic mass is 10.2. The van der Waals surface area contributed by atoms with Crippen molar-refractivity contribution in [2.45, 2.75) is 43.1 Å². The van der Waals surface area contributed by atoms with E-state index < -0.39 is 0 Å². The van der Waals surface area contributed by atoms with E-state index in [4.69, 9.17) is 10.6 Å². The summed E-state index contributed by atoms with van der Waals surface area (Å²) in [5.74, 6) is 7.46. The van der Waals surface area contributed by atoms with Gasteiger partial charge in [0.1, 0.15) is 5.75 Å². The molecule has 0 bridgehead atoms. The van der Waals surface area contributed by atoms with E-state index in [1.807, 2.05) is 38.1 Å². The Morgan fingerprint density at radius 1 is 1.42 bits per heavy atom. The van der Waals surface area contributed by atoms with Crippen molar-refractivity contribution in [1.29, 1.82) is 0 Å². The second-order valence-electron chi connectivity index (χ2n) is 5.68. The third-order valence-electron chi connectivity index (χ3n) is 3.66. The fourth-order valence-corrected chi connectivity index (χ4v) is 2.96. The van der Waals surface area contributed by atoms with Crippen molar-refractivity contribution in [2.75, 3.05) is 12.4 Å². The third-order valence-corrected chi connectivity index (χ3v) is 4.72. The van der Waals surface area contributed by atoms with Crippen LogP contribution in [0.5, 0.6) is 5.75 Å². The number of benzene rings is 1. The summed E-state index contributed by atoms with van der Waals surface area (Å²) in [6, 6.07) is 7.85. The van der Waals surface area contributed by atoms with Gasteiger partial charge in [-0.25, -0.2) is 4.68 Å². The molecule has 128 valence electrons. The second-order valence-corrected chi connectivity index (χ2v) is 6.98. The Bertz CT molecular complexity index is 712. The standard InChI is InChI=1S/C16H21N5O2S/c1-3-23-13-8-4-11(5-9-13)14-19-20-16(21(14)17)24-10(2)15(22)18-12-6-7-12/h4-5,8-10,12H,3,6-7,17H2,1-2H3,(H,18,22). The van der Waals surface area contributed by atoms with Crippen LogP contribution in [0.4, 0.5) is 0 Å². The van der Waals surface area contributed by atoms with Crippen LogP contribution >= 0.6 is 11.8 Å². The van der Waals surface area contributed by atoms with Crippen LogP contribution < -0.4 is 15.9 Å². The Balaban J connectivity index is 1.69. The molecule has 1 aromatic carbocycles. The molecule has 3 rings (SSSR count). The van der Waals surface area contributed by atoms with Crippen molar-refractivity contribution >= 4 is 17.7 Å². The number of hydrogen-bond donors (Lipinski definition) is 2. The average molecular weight is 347 g/mol. The molecule has 3 N–H and O–H groups in total. The topological polar surface area (TPSA) is 95.1 Å². The van der Waals surface area contributed by atoms with E-state index in [9.17, 15) is 4.79 Å². The van der Waals surface area contributed by atoms with Gasteiger partial charge in [-0.1, -0.05) is 11.8 Å². The number of nitrogens with one attached hydrogen (secondary N) is 1. The smallest absolute Gasteiger partial charge is 0.233 e. The van der Waals surface area contributed by atoms with E-state index in [0.717, 1.165) is 24.2 Å². The van der Waals surface area contributed by atoms with Crippen LogP contribution in [0.15, 0.2) is 29.4 Å². The lowest BCUT2D eigenvalue weighted by Crippen LogP contribution is -2.32. The minimum Gasteiger partial charge on any atom is -0.494 e. The highest BCUT2D eigenvalue weighted by molar-refractivity contribution is 8.00. The summed E-state index contributed by atoms with van der Waals surface area (Å²) in [4.78, 5) is 12.0. The summed E-state index contributed by atoms with van der Waals surface area (Å²) < 4.78 is 6.84. The zero-order valence-electron chi connectivity index (χ0n) is 13.7. The molecule has 1 saturated carbocycles. The van der Waals surface area contributed by atoms with E-state index in [1.165, 1.54) is 16.4 Å². The van der Waals surface area contributed by atoms with Gasteiger partial charge >= 0.3 is 0 Å². The number of nitrogen functional groups attached to an aromatic ring is 1. The number of ether oxygens (including phenoxy) is 1. The minimum atomic E-state index is -0.273. The van der Waals surface area contributed by atoms with Gasteiger partial charge in [-0.15, -0.1) is 10.2 Å². The summed E-state index contributed by atoms with van der Waals surface area (Å²) in [5, 5.41) is 11.5. The van der Waals surface area contributed by atoms with E-state index in [-0.39, 0.29) is 11.2 Å². The van der Waals surface area contributed by atoms with Gasteiger partial charge in [0.15, 0.2) is 5.82 Å². The first-order valence-corrected chi connectivity index (χ1v) is 8.87. The highest BCUT2D eigenvalue weighted by Crippen LogP contribution is 2.27. The molecule has 1 heterocycles. The number of thioether (sulfide) groups is 1. The van der Waals surface area contributed by atoms with Gasteiger partial charge in [-0.05, 0) is 51.0 Å². The summed E-state index contributed by atoms with van der Waals surface area (Å²) in [5.41, 5.74) is 0.843. The predicted molar refractivity (Wildman–Crippen MR) is 93.3 cm³/mol. The first kappa shape index (κ1) is 16.6. The number of hydrogen-bond acceptors (Lipinski definition) is 6. The molecule has 1 fully saturated rings. The SMILES string of the molecule is CCOc1ccc(-c2nnc(SC(C)C(=O)NC3CC3)n2N)cc1. The number of rotatable bonds is 7. The zero-order valence-corrected chi connectivity index (χ0v) is 14.5. The van der Waals surface area contributed by atoms with Crippen LogP contribution in [0.3, 0.4) is 0 Å². The quantitative estimate of drug-likeness (QED) is 0.586. The lowest BCUT2D eigenvalue weighted by molar-refractivity contribution is -0.120. The van der Waals surface area contributed by atoms with E-state index in [1.54, 1.807) is 0 Å². The van der Waals surface area contributed by atoms with Crippen molar-refractivity contribution in [1.82, 2.24) is 20.2 Å². The molecule has 0 aliphatic heterocycles. The first-order chi connectivity index (χ1) is 11.6. The van der Waals surface area contributed by atoms with Gasteiger partial charge in [0, 0.05) is 11.6 Å². The van der Waals surface area contributed by atoms with Crippen molar-refractivity contribution in [2.24, 2.45) is 0 Å². The molecule has 1 atom stereocenters. The van der Waals surface area contributed by atoms with Crippen LogP contribution in [0, 0.1) is 0 Å². The molecule has 24 heavy (non-hydrogen) atoms. The van der Waals surface area contributed by atoms with E-state index in [2.05, 4.69) is 15.5 Å². The summed E-state index contributed by atoms with van der Waals surface area (Å²) in [7, 11) is 0. The maximum absolute atomic E-state index is 12.0. The fourth-order valence-electron chi connectivity index (χ4n) is 2.18. The molecule has 0 saturated heterocycles. The summed E-state index contributed by atoms with van der Waals surface area (Å²) >= 11 is 1.30. The van der Waals surface area contributed by atoms with Gasteiger partial charge in [-0.2, -0.15) is 0 Å². The van der Waals surface area contributed by atoms with Crippen molar-refractivity contribution in [3.05, 3.63) is 24.3 Å². The molecule has 1 aliphatic carbocycles. The molecule has 8 heteroatoms. The lowest BCUT2D eigenvalue weighted by Gasteiger charge is -2.11. The van der Waals surface area contributed by atoms with Gasteiger partial charge in [0.05, 0.1) is 11.9 Å². The van der Waals surface area contributed by atoms with Crippen molar-refractivity contribution in [3.8, 4) is 17.1 Å². The van der Waals surface area contributed by atoms with Crippen molar-refractivity contribution in [3.63, 3.8) is 0 Å². The third kappa shape index (κ3) is 3.81. The molecule has 1 amide bonds. The largest absolute Gasteiger partial charge is 0.494 e. The Morgan fingerprint density at radius 2 is 2.12 bits per heavy atom. The Kier molecular flexibility index (Phi) is 4.94. The normalized spacial score (nSPS) is 15.1. The summed E-state index contributed by atoms with van der Waals surface area (Å²) in [6.45, 7) is 4.40. The Morgan fingerprint density at radius 3 is 2.75 bits per heavy atom. The second kappa shape index (κ2) is 7.12. The fraction of sp³-hybridized carbons (Fsp3) is 0.438. The average Bonchev–Trinajstić information content (AvgIpc) is 3.32. The van der Waals surface area contributed by atoms with Gasteiger partial charge in [0.25, 0.3) is 0 Å². The number of carbonyl (C=O) groups excluding carboxylic acids is 1. The van der Waals surface area contributed by atoms with Crippen LogP contribution in [-0.4, -0.2) is 38.7 Å². The molecular weight excluding hydrogens is 326 g/mol. The van der Waals surface area contributed by atoms with Crippen LogP contribution in [0.1, 0.15) is 26.7 Å². The highest BCUT2D eigenvalue weighted by Gasteiger charge is 2.27. The maximum Gasteiger partial charge on any atom is 0.233 e. The highest BCUT2D eigenvalue weighted by atomic mass is 32.2. The van der Waals surface area contributed by atoms with E-state index >= 15 is 0 Å². The number of nitrogens with two attached hydrogens (primary N) is 1. The Hall–Kier alpha value is -2.22. The number of amides is 1. The zero-order chi connectivity index (χ0) is 17.1.